The molecule has 0 atom stereocenters. The summed E-state index contributed by atoms with van der Waals surface area (Å²) in [5.74, 6) is 0.498. The Hall–Kier alpha value is -2.22. The van der Waals surface area contributed by atoms with Crippen LogP contribution in [0.15, 0.2) is 12.3 Å². The molecule has 1 aliphatic heterocycles. The molecular weight excluding hydrogens is 330 g/mol. The van der Waals surface area contributed by atoms with Crippen LogP contribution in [0.2, 0.25) is 0 Å². The molecule has 0 bridgehead atoms. The summed E-state index contributed by atoms with van der Waals surface area (Å²) >= 11 is 0. The number of piperidine rings is 1. The summed E-state index contributed by atoms with van der Waals surface area (Å²) in [4.78, 5) is 16.7. The molecule has 2 fully saturated rings. The maximum Gasteiger partial charge on any atom is 0.276 e. The molecule has 8 nitrogen and oxygen atoms in total. The zero-order valence-corrected chi connectivity index (χ0v) is 15.4. The molecule has 2 aliphatic rings. The van der Waals surface area contributed by atoms with Crippen LogP contribution in [-0.2, 0) is 13.1 Å². The van der Waals surface area contributed by atoms with Crippen molar-refractivity contribution in [2.45, 2.75) is 51.1 Å². The number of hydrogen-bond donors (Lipinski definition) is 1. The quantitative estimate of drug-likeness (QED) is 0.814. The first-order chi connectivity index (χ1) is 12.7. The zero-order valence-electron chi connectivity index (χ0n) is 15.4. The first kappa shape index (κ1) is 17.2. The maximum atomic E-state index is 12.6. The van der Waals surface area contributed by atoms with Gasteiger partial charge in [0.25, 0.3) is 5.91 Å². The Morgan fingerprint density at radius 2 is 2.08 bits per heavy atom. The van der Waals surface area contributed by atoms with Crippen LogP contribution in [-0.4, -0.2) is 67.6 Å². The van der Waals surface area contributed by atoms with Gasteiger partial charge in [-0.2, -0.15) is 5.10 Å². The van der Waals surface area contributed by atoms with Crippen LogP contribution in [0.3, 0.4) is 0 Å². The van der Waals surface area contributed by atoms with E-state index >= 15 is 0 Å². The standard InChI is InChI=1S/C18H27N7O/c1-23(12-15-11-16(20-19-15)14-5-6-14)18(26)17-13-25(22-21-17)10-9-24-7-3-2-4-8-24/h11,13-14H,2-10,12H2,1H3,(H,19,20). The summed E-state index contributed by atoms with van der Waals surface area (Å²) in [5, 5.41) is 15.6. The summed E-state index contributed by atoms with van der Waals surface area (Å²) in [6.45, 7) is 4.56. The van der Waals surface area contributed by atoms with Crippen LogP contribution in [0.1, 0.15) is 59.9 Å². The Morgan fingerprint density at radius 1 is 1.27 bits per heavy atom. The van der Waals surface area contributed by atoms with Gasteiger partial charge in [-0.25, -0.2) is 0 Å². The van der Waals surface area contributed by atoms with Crippen LogP contribution in [0, 0.1) is 0 Å². The highest BCUT2D eigenvalue weighted by Crippen LogP contribution is 2.39. The number of carbonyl (C=O) groups is 1. The largest absolute Gasteiger partial charge is 0.334 e. The third-order valence-electron chi connectivity index (χ3n) is 5.25. The van der Waals surface area contributed by atoms with Crippen molar-refractivity contribution in [1.29, 1.82) is 0 Å². The molecular formula is C18H27N7O. The third kappa shape index (κ3) is 4.12. The normalized spacial score (nSPS) is 18.2. The van der Waals surface area contributed by atoms with Gasteiger partial charge in [0.2, 0.25) is 0 Å². The number of hydrogen-bond acceptors (Lipinski definition) is 5. The zero-order chi connectivity index (χ0) is 17.9. The van der Waals surface area contributed by atoms with Crippen LogP contribution in [0.25, 0.3) is 0 Å². The van der Waals surface area contributed by atoms with Crippen LogP contribution in [0.4, 0.5) is 0 Å². The average molecular weight is 357 g/mol. The first-order valence-corrected chi connectivity index (χ1v) is 9.61. The van der Waals surface area contributed by atoms with Crippen LogP contribution >= 0.6 is 0 Å². The van der Waals surface area contributed by atoms with Gasteiger partial charge < -0.3 is 9.80 Å². The van der Waals surface area contributed by atoms with Crippen molar-refractivity contribution in [3.63, 3.8) is 0 Å². The molecule has 1 saturated carbocycles. The molecule has 0 spiro atoms. The van der Waals surface area contributed by atoms with E-state index in [0.717, 1.165) is 37.6 Å². The molecule has 26 heavy (non-hydrogen) atoms. The fraction of sp³-hybridized carbons (Fsp3) is 0.667. The predicted molar refractivity (Wildman–Crippen MR) is 96.7 cm³/mol. The first-order valence-electron chi connectivity index (χ1n) is 9.61. The number of nitrogens with one attached hydrogen (secondary N) is 1. The van der Waals surface area contributed by atoms with Crippen molar-refractivity contribution < 1.29 is 4.79 Å². The Labute approximate surface area is 153 Å². The molecule has 2 aromatic rings. The summed E-state index contributed by atoms with van der Waals surface area (Å²) in [6.07, 6.45) is 8.09. The van der Waals surface area contributed by atoms with Crippen molar-refractivity contribution in [2.75, 3.05) is 26.7 Å². The second-order valence-electron chi connectivity index (χ2n) is 7.52. The number of likely N-dealkylation sites (tertiary alicyclic amines) is 1. The van der Waals surface area contributed by atoms with Crippen molar-refractivity contribution in [1.82, 2.24) is 35.0 Å². The summed E-state index contributed by atoms with van der Waals surface area (Å²) in [6, 6.07) is 2.07. The topological polar surface area (TPSA) is 82.9 Å². The van der Waals surface area contributed by atoms with Crippen molar-refractivity contribution in [3.05, 3.63) is 29.3 Å². The Bertz CT molecular complexity index is 742. The van der Waals surface area contributed by atoms with E-state index in [1.54, 1.807) is 22.8 Å². The lowest BCUT2D eigenvalue weighted by molar-refractivity contribution is 0.0777. The van der Waals surface area contributed by atoms with E-state index in [4.69, 9.17) is 0 Å². The van der Waals surface area contributed by atoms with E-state index in [-0.39, 0.29) is 5.91 Å². The van der Waals surface area contributed by atoms with Gasteiger partial charge in [0, 0.05) is 19.5 Å². The third-order valence-corrected chi connectivity index (χ3v) is 5.25. The Morgan fingerprint density at radius 3 is 2.85 bits per heavy atom. The van der Waals surface area contributed by atoms with E-state index in [0.29, 0.717) is 18.2 Å². The highest BCUT2D eigenvalue weighted by Gasteiger charge is 2.26. The number of amides is 1. The minimum absolute atomic E-state index is 0.114. The highest BCUT2D eigenvalue weighted by molar-refractivity contribution is 5.91. The summed E-state index contributed by atoms with van der Waals surface area (Å²) in [7, 11) is 1.78. The van der Waals surface area contributed by atoms with Crippen molar-refractivity contribution in [2.24, 2.45) is 0 Å². The van der Waals surface area contributed by atoms with Gasteiger partial charge >= 0.3 is 0 Å². The fourth-order valence-corrected chi connectivity index (χ4v) is 3.50. The van der Waals surface area contributed by atoms with Crippen molar-refractivity contribution >= 4 is 5.91 Å². The molecule has 1 saturated heterocycles. The maximum absolute atomic E-state index is 12.6. The van der Waals surface area contributed by atoms with E-state index in [2.05, 4.69) is 31.5 Å². The second kappa shape index (κ2) is 7.57. The van der Waals surface area contributed by atoms with Crippen molar-refractivity contribution in [3.8, 4) is 0 Å². The highest BCUT2D eigenvalue weighted by atomic mass is 16.2. The Balaban J connectivity index is 1.29. The summed E-state index contributed by atoms with van der Waals surface area (Å²) < 4.78 is 1.77. The minimum Gasteiger partial charge on any atom is -0.334 e. The van der Waals surface area contributed by atoms with E-state index in [1.165, 1.54) is 32.1 Å². The molecule has 1 N–H and O–H groups in total. The molecule has 0 radical (unpaired) electrons. The molecule has 1 amide bonds. The van der Waals surface area contributed by atoms with Gasteiger partial charge in [0.15, 0.2) is 5.69 Å². The van der Waals surface area contributed by atoms with Crippen LogP contribution in [0.5, 0.6) is 0 Å². The van der Waals surface area contributed by atoms with Gasteiger partial charge in [0.05, 0.1) is 30.7 Å². The average Bonchev–Trinajstić information content (AvgIpc) is 3.23. The van der Waals surface area contributed by atoms with Gasteiger partial charge in [-0.1, -0.05) is 11.6 Å². The SMILES string of the molecule is CN(Cc1cc(C2CC2)n[nH]1)C(=O)c1cn(CCN2CCCCC2)nn1. The molecule has 0 aromatic carbocycles. The lowest BCUT2D eigenvalue weighted by atomic mass is 10.1. The molecule has 3 heterocycles. The molecule has 0 unspecified atom stereocenters. The number of aromatic nitrogens is 5. The number of aromatic amines is 1. The van der Waals surface area contributed by atoms with E-state index in [9.17, 15) is 4.79 Å². The molecule has 140 valence electrons. The number of rotatable bonds is 7. The van der Waals surface area contributed by atoms with Gasteiger partial charge in [-0.05, 0) is 44.8 Å². The molecule has 1 aliphatic carbocycles. The minimum atomic E-state index is -0.114. The second-order valence-corrected chi connectivity index (χ2v) is 7.52. The molecule has 4 rings (SSSR count). The van der Waals surface area contributed by atoms with E-state index < -0.39 is 0 Å². The van der Waals surface area contributed by atoms with Gasteiger partial charge in [-0.15, -0.1) is 5.10 Å². The number of nitrogens with zero attached hydrogens (tertiary/aromatic N) is 6. The molecule has 2 aromatic heterocycles. The lowest BCUT2D eigenvalue weighted by Gasteiger charge is -2.25. The van der Waals surface area contributed by atoms with Gasteiger partial charge in [0.1, 0.15) is 0 Å². The monoisotopic (exact) mass is 357 g/mol. The number of carbonyl (C=O) groups excluding carboxylic acids is 1. The van der Waals surface area contributed by atoms with Gasteiger partial charge in [-0.3, -0.25) is 14.6 Å². The summed E-state index contributed by atoms with van der Waals surface area (Å²) in [5.41, 5.74) is 2.47. The van der Waals surface area contributed by atoms with Crippen LogP contribution < -0.4 is 0 Å². The molecule has 8 heteroatoms. The number of H-pyrrole nitrogens is 1. The predicted octanol–water partition coefficient (Wildman–Crippen LogP) is 1.64. The smallest absolute Gasteiger partial charge is 0.276 e. The lowest BCUT2D eigenvalue weighted by Crippen LogP contribution is -2.32. The fourth-order valence-electron chi connectivity index (χ4n) is 3.50. The Kier molecular flexibility index (Phi) is 5.01. The van der Waals surface area contributed by atoms with E-state index in [1.807, 2.05) is 0 Å².